The van der Waals surface area contributed by atoms with Gasteiger partial charge < -0.3 is 9.84 Å². The molecule has 0 saturated heterocycles. The third-order valence-corrected chi connectivity index (χ3v) is 4.42. The molecule has 2 aromatic heterocycles. The van der Waals surface area contributed by atoms with Gasteiger partial charge in [-0.05, 0) is 19.1 Å². The summed E-state index contributed by atoms with van der Waals surface area (Å²) in [5.41, 5.74) is 2.74. The van der Waals surface area contributed by atoms with Crippen molar-refractivity contribution in [2.45, 2.75) is 20.1 Å². The average molecular weight is 312 g/mol. The number of ether oxygens (including phenoxy) is 1. The van der Waals surface area contributed by atoms with Crippen LogP contribution < -0.4 is 4.74 Å². The number of hydrogen-bond donors (Lipinski definition) is 1. The van der Waals surface area contributed by atoms with Gasteiger partial charge in [0.25, 0.3) is 0 Å². The Morgan fingerprint density at radius 1 is 1.14 bits per heavy atom. The van der Waals surface area contributed by atoms with E-state index >= 15 is 0 Å². The molecule has 0 bridgehead atoms. The molecule has 0 saturated carbocycles. The zero-order valence-corrected chi connectivity index (χ0v) is 13.0. The van der Waals surface area contributed by atoms with Gasteiger partial charge in [-0.1, -0.05) is 30.3 Å². The molecular formula is C17H16N2O2S. The standard InChI is InChI=1S/C17H16N2O2S/c1-12-16(11-21-15-8-7-14(10-20)18-9-15)22-17(19-12)13-5-3-2-4-6-13/h2-9,20H,10-11H2,1H3. The fraction of sp³-hybridized carbons (Fsp3) is 0.176. The normalized spacial score (nSPS) is 10.6. The van der Waals surface area contributed by atoms with Crippen molar-refractivity contribution < 1.29 is 9.84 Å². The summed E-state index contributed by atoms with van der Waals surface area (Å²) in [6.07, 6.45) is 1.63. The Hall–Kier alpha value is -2.24. The Balaban J connectivity index is 1.71. The molecule has 0 aliphatic heterocycles. The molecule has 112 valence electrons. The lowest BCUT2D eigenvalue weighted by molar-refractivity contribution is 0.275. The Morgan fingerprint density at radius 2 is 1.95 bits per heavy atom. The van der Waals surface area contributed by atoms with E-state index < -0.39 is 0 Å². The smallest absolute Gasteiger partial charge is 0.138 e. The van der Waals surface area contributed by atoms with Crippen LogP contribution in [0.1, 0.15) is 16.3 Å². The molecule has 0 unspecified atom stereocenters. The molecule has 1 N–H and O–H groups in total. The van der Waals surface area contributed by atoms with Gasteiger partial charge in [-0.25, -0.2) is 4.98 Å². The van der Waals surface area contributed by atoms with Crippen molar-refractivity contribution in [3.8, 4) is 16.3 Å². The van der Waals surface area contributed by atoms with Gasteiger partial charge in [0.15, 0.2) is 0 Å². The van der Waals surface area contributed by atoms with Crippen LogP contribution in [0, 0.1) is 6.92 Å². The van der Waals surface area contributed by atoms with Gasteiger partial charge in [0, 0.05) is 5.56 Å². The van der Waals surface area contributed by atoms with Gasteiger partial charge in [0.1, 0.15) is 17.4 Å². The molecule has 0 fully saturated rings. The summed E-state index contributed by atoms with van der Waals surface area (Å²) in [5.74, 6) is 0.686. The van der Waals surface area contributed by atoms with E-state index in [0.29, 0.717) is 18.1 Å². The largest absolute Gasteiger partial charge is 0.486 e. The Morgan fingerprint density at radius 3 is 2.64 bits per heavy atom. The summed E-state index contributed by atoms with van der Waals surface area (Å²) in [5, 5.41) is 9.98. The minimum absolute atomic E-state index is 0.0608. The molecule has 3 rings (SSSR count). The summed E-state index contributed by atoms with van der Waals surface area (Å²) >= 11 is 1.64. The van der Waals surface area contributed by atoms with Crippen LogP contribution in [0.2, 0.25) is 0 Å². The van der Waals surface area contributed by atoms with Crippen LogP contribution in [-0.2, 0) is 13.2 Å². The highest BCUT2D eigenvalue weighted by Crippen LogP contribution is 2.28. The van der Waals surface area contributed by atoms with Crippen LogP contribution >= 0.6 is 11.3 Å². The summed E-state index contributed by atoms with van der Waals surface area (Å²) in [6.45, 7) is 2.40. The minimum Gasteiger partial charge on any atom is -0.486 e. The first-order valence-corrected chi connectivity index (χ1v) is 7.78. The summed E-state index contributed by atoms with van der Waals surface area (Å²) < 4.78 is 5.75. The van der Waals surface area contributed by atoms with Crippen LogP contribution in [0.4, 0.5) is 0 Å². The first-order valence-electron chi connectivity index (χ1n) is 6.96. The van der Waals surface area contributed by atoms with Crippen LogP contribution in [0.3, 0.4) is 0 Å². The molecule has 0 radical (unpaired) electrons. The highest BCUT2D eigenvalue weighted by Gasteiger charge is 2.10. The van der Waals surface area contributed by atoms with Crippen molar-refractivity contribution in [2.24, 2.45) is 0 Å². The fourth-order valence-electron chi connectivity index (χ4n) is 2.00. The highest BCUT2D eigenvalue weighted by atomic mass is 32.1. The maximum absolute atomic E-state index is 8.97. The second-order valence-corrected chi connectivity index (χ2v) is 5.91. The monoisotopic (exact) mass is 312 g/mol. The molecular weight excluding hydrogens is 296 g/mol. The van der Waals surface area contributed by atoms with E-state index in [1.54, 1.807) is 23.6 Å². The number of hydrogen-bond acceptors (Lipinski definition) is 5. The van der Waals surface area contributed by atoms with E-state index in [0.717, 1.165) is 21.1 Å². The summed E-state index contributed by atoms with van der Waals surface area (Å²) in [6, 6.07) is 13.7. The lowest BCUT2D eigenvalue weighted by Gasteiger charge is -2.05. The molecule has 0 spiro atoms. The van der Waals surface area contributed by atoms with Crippen molar-refractivity contribution in [3.05, 3.63) is 64.9 Å². The number of thiazole rings is 1. The van der Waals surface area contributed by atoms with Gasteiger partial charge in [0.05, 0.1) is 29.1 Å². The predicted molar refractivity (Wildman–Crippen MR) is 86.8 cm³/mol. The van der Waals surface area contributed by atoms with Crippen molar-refractivity contribution in [1.29, 1.82) is 0 Å². The molecule has 5 heteroatoms. The van der Waals surface area contributed by atoms with E-state index in [1.807, 2.05) is 31.2 Å². The number of aryl methyl sites for hydroxylation is 1. The second-order valence-electron chi connectivity index (χ2n) is 4.83. The van der Waals surface area contributed by atoms with Crippen molar-refractivity contribution >= 4 is 11.3 Å². The van der Waals surface area contributed by atoms with Crippen molar-refractivity contribution in [2.75, 3.05) is 0 Å². The average Bonchev–Trinajstić information content (AvgIpc) is 2.95. The molecule has 22 heavy (non-hydrogen) atoms. The van der Waals surface area contributed by atoms with Gasteiger partial charge in [-0.3, -0.25) is 4.98 Å². The lowest BCUT2D eigenvalue weighted by Crippen LogP contribution is -1.96. The van der Waals surface area contributed by atoms with E-state index in [9.17, 15) is 0 Å². The number of rotatable bonds is 5. The van der Waals surface area contributed by atoms with E-state index in [-0.39, 0.29) is 6.61 Å². The lowest BCUT2D eigenvalue weighted by atomic mass is 10.2. The molecule has 0 amide bonds. The van der Waals surface area contributed by atoms with Gasteiger partial charge in [-0.2, -0.15) is 0 Å². The number of pyridine rings is 1. The van der Waals surface area contributed by atoms with Crippen molar-refractivity contribution in [1.82, 2.24) is 9.97 Å². The first kappa shape index (κ1) is 14.7. The molecule has 2 heterocycles. The molecule has 1 aromatic carbocycles. The van der Waals surface area contributed by atoms with Gasteiger partial charge in [0.2, 0.25) is 0 Å². The Bertz CT molecular complexity index is 739. The Labute approximate surface area is 133 Å². The quantitative estimate of drug-likeness (QED) is 0.782. The fourth-order valence-corrected chi connectivity index (χ4v) is 2.99. The SMILES string of the molecule is Cc1nc(-c2ccccc2)sc1COc1ccc(CO)nc1. The van der Waals surface area contributed by atoms with Crippen LogP contribution in [0.15, 0.2) is 48.7 Å². The summed E-state index contributed by atoms with van der Waals surface area (Å²) in [4.78, 5) is 9.81. The third kappa shape index (κ3) is 3.32. The molecule has 4 nitrogen and oxygen atoms in total. The van der Waals surface area contributed by atoms with E-state index in [4.69, 9.17) is 9.84 Å². The second kappa shape index (κ2) is 6.68. The van der Waals surface area contributed by atoms with Crippen LogP contribution in [0.5, 0.6) is 5.75 Å². The third-order valence-electron chi connectivity index (χ3n) is 3.24. The van der Waals surface area contributed by atoms with Gasteiger partial charge in [-0.15, -0.1) is 11.3 Å². The first-order chi connectivity index (χ1) is 10.8. The van der Waals surface area contributed by atoms with Crippen molar-refractivity contribution in [3.63, 3.8) is 0 Å². The zero-order valence-electron chi connectivity index (χ0n) is 12.2. The predicted octanol–water partition coefficient (Wildman–Crippen LogP) is 3.58. The maximum Gasteiger partial charge on any atom is 0.138 e. The van der Waals surface area contributed by atoms with Crippen LogP contribution in [-0.4, -0.2) is 15.1 Å². The van der Waals surface area contributed by atoms with E-state index in [1.165, 1.54) is 0 Å². The zero-order chi connectivity index (χ0) is 15.4. The van der Waals surface area contributed by atoms with Gasteiger partial charge >= 0.3 is 0 Å². The number of aliphatic hydroxyl groups excluding tert-OH is 1. The number of aliphatic hydroxyl groups is 1. The highest BCUT2D eigenvalue weighted by molar-refractivity contribution is 7.15. The van der Waals surface area contributed by atoms with Crippen LogP contribution in [0.25, 0.3) is 10.6 Å². The molecule has 0 aliphatic carbocycles. The maximum atomic E-state index is 8.97. The molecule has 3 aromatic rings. The van der Waals surface area contributed by atoms with E-state index in [2.05, 4.69) is 22.1 Å². The minimum atomic E-state index is -0.0608. The Kier molecular flexibility index (Phi) is 4.46. The molecule has 0 atom stereocenters. The topological polar surface area (TPSA) is 55.2 Å². The number of nitrogens with zero attached hydrogens (tertiary/aromatic N) is 2. The number of aromatic nitrogens is 2. The number of benzene rings is 1. The summed E-state index contributed by atoms with van der Waals surface area (Å²) in [7, 11) is 0. The molecule has 0 aliphatic rings.